The first-order chi connectivity index (χ1) is 6.63. The fraction of sp³-hybridized carbons (Fsp3) is 0.250. The summed E-state index contributed by atoms with van der Waals surface area (Å²) in [6.45, 7) is 0.295. The van der Waals surface area contributed by atoms with Crippen molar-refractivity contribution in [1.82, 2.24) is 15.6 Å². The fourth-order valence-electron chi connectivity index (χ4n) is 0.935. The van der Waals surface area contributed by atoms with Crippen LogP contribution in [0.3, 0.4) is 0 Å². The van der Waals surface area contributed by atoms with Gasteiger partial charge in [-0.05, 0) is 11.6 Å². The van der Waals surface area contributed by atoms with Crippen LogP contribution in [0.25, 0.3) is 0 Å². The molecule has 0 aromatic carbocycles. The number of hydrogen-bond donors (Lipinski definition) is 4. The van der Waals surface area contributed by atoms with Crippen LogP contribution in [0.4, 0.5) is 4.79 Å². The second-order valence-corrected chi connectivity index (χ2v) is 2.66. The molecule has 0 radical (unpaired) electrons. The lowest BCUT2D eigenvalue weighted by molar-refractivity contribution is 0.0691. The van der Waals surface area contributed by atoms with Gasteiger partial charge in [-0.15, -0.1) is 0 Å². The third-order valence-corrected chi connectivity index (χ3v) is 1.65. The van der Waals surface area contributed by atoms with E-state index in [-0.39, 0.29) is 11.7 Å². The summed E-state index contributed by atoms with van der Waals surface area (Å²) in [5.41, 5.74) is 0.824. The Bertz CT molecular complexity index is 345. The van der Waals surface area contributed by atoms with E-state index in [0.29, 0.717) is 12.1 Å². The summed E-state index contributed by atoms with van der Waals surface area (Å²) in [5.74, 6) is -1.02. The molecule has 1 aromatic heterocycles. The highest BCUT2D eigenvalue weighted by atomic mass is 16.4. The maximum atomic E-state index is 10.8. The molecule has 0 unspecified atom stereocenters. The van der Waals surface area contributed by atoms with Crippen molar-refractivity contribution in [2.75, 3.05) is 7.05 Å². The lowest BCUT2D eigenvalue weighted by Gasteiger charge is -2.00. The first-order valence-corrected chi connectivity index (χ1v) is 3.99. The van der Waals surface area contributed by atoms with Crippen LogP contribution >= 0.6 is 0 Å². The Morgan fingerprint density at radius 3 is 2.79 bits per heavy atom. The first kappa shape index (κ1) is 10.1. The van der Waals surface area contributed by atoms with Crippen molar-refractivity contribution in [2.45, 2.75) is 6.54 Å². The molecule has 6 nitrogen and oxygen atoms in total. The smallest absolute Gasteiger partial charge is 0.352 e. The SMILES string of the molecule is CNC(=O)NCc1c[nH]c(C(=O)O)c1. The predicted molar refractivity (Wildman–Crippen MR) is 49.0 cm³/mol. The lowest BCUT2D eigenvalue weighted by atomic mass is 10.3. The first-order valence-electron chi connectivity index (χ1n) is 3.99. The van der Waals surface area contributed by atoms with Crippen LogP contribution in [0, 0.1) is 0 Å². The summed E-state index contributed by atoms with van der Waals surface area (Å²) >= 11 is 0. The summed E-state index contributed by atoms with van der Waals surface area (Å²) in [6, 6.07) is 1.17. The van der Waals surface area contributed by atoms with Gasteiger partial charge >= 0.3 is 12.0 Å². The molecular weight excluding hydrogens is 186 g/mol. The van der Waals surface area contributed by atoms with E-state index in [1.807, 2.05) is 0 Å². The Hall–Kier alpha value is -1.98. The van der Waals surface area contributed by atoms with Gasteiger partial charge in [0.25, 0.3) is 0 Å². The van der Waals surface area contributed by atoms with E-state index in [4.69, 9.17) is 5.11 Å². The van der Waals surface area contributed by atoms with E-state index < -0.39 is 5.97 Å². The third-order valence-electron chi connectivity index (χ3n) is 1.65. The predicted octanol–water partition coefficient (Wildman–Crippen LogP) is 0.142. The van der Waals surface area contributed by atoms with Crippen LogP contribution < -0.4 is 10.6 Å². The monoisotopic (exact) mass is 197 g/mol. The minimum atomic E-state index is -1.02. The molecule has 0 saturated carbocycles. The minimum absolute atomic E-state index is 0.110. The lowest BCUT2D eigenvalue weighted by Crippen LogP contribution is -2.31. The van der Waals surface area contributed by atoms with Crippen LogP contribution in [-0.2, 0) is 6.54 Å². The molecule has 4 N–H and O–H groups in total. The summed E-state index contributed by atoms with van der Waals surface area (Å²) in [7, 11) is 1.51. The van der Waals surface area contributed by atoms with Crippen molar-refractivity contribution in [3.05, 3.63) is 23.5 Å². The number of carbonyl (C=O) groups is 2. The number of amides is 2. The van der Waals surface area contributed by atoms with Gasteiger partial charge in [-0.25, -0.2) is 9.59 Å². The topological polar surface area (TPSA) is 94.2 Å². The van der Waals surface area contributed by atoms with Gasteiger partial charge in [-0.3, -0.25) is 0 Å². The highest BCUT2D eigenvalue weighted by Crippen LogP contribution is 2.02. The van der Waals surface area contributed by atoms with Crippen molar-refractivity contribution in [2.24, 2.45) is 0 Å². The van der Waals surface area contributed by atoms with E-state index in [1.165, 1.54) is 13.1 Å². The van der Waals surface area contributed by atoms with Gasteiger partial charge in [0.05, 0.1) is 0 Å². The zero-order chi connectivity index (χ0) is 10.6. The number of hydrogen-bond acceptors (Lipinski definition) is 2. The average molecular weight is 197 g/mol. The Balaban J connectivity index is 2.52. The molecule has 0 bridgehead atoms. The molecule has 0 aliphatic heterocycles. The summed E-state index contributed by atoms with van der Waals surface area (Å²) < 4.78 is 0. The largest absolute Gasteiger partial charge is 0.477 e. The zero-order valence-corrected chi connectivity index (χ0v) is 7.63. The molecule has 0 aliphatic carbocycles. The van der Waals surface area contributed by atoms with Gasteiger partial charge in [0.1, 0.15) is 5.69 Å². The molecule has 1 heterocycles. The van der Waals surface area contributed by atoms with Crippen LogP contribution in [-0.4, -0.2) is 29.1 Å². The maximum absolute atomic E-state index is 10.8. The van der Waals surface area contributed by atoms with Gasteiger partial charge in [-0.2, -0.15) is 0 Å². The number of aromatic amines is 1. The molecule has 1 aromatic rings. The summed E-state index contributed by atoms with van der Waals surface area (Å²) in [6.07, 6.45) is 1.54. The van der Waals surface area contributed by atoms with Crippen LogP contribution in [0.2, 0.25) is 0 Å². The van der Waals surface area contributed by atoms with Crippen molar-refractivity contribution >= 4 is 12.0 Å². The molecule has 2 amide bonds. The van der Waals surface area contributed by atoms with Crippen molar-refractivity contribution in [3.63, 3.8) is 0 Å². The number of urea groups is 1. The van der Waals surface area contributed by atoms with Gasteiger partial charge in [-0.1, -0.05) is 0 Å². The number of carbonyl (C=O) groups excluding carboxylic acids is 1. The molecule has 1 rings (SSSR count). The van der Waals surface area contributed by atoms with Gasteiger partial charge in [0.2, 0.25) is 0 Å². The van der Waals surface area contributed by atoms with Gasteiger partial charge in [0.15, 0.2) is 0 Å². The molecule has 0 atom stereocenters. The number of carboxylic acids is 1. The van der Waals surface area contributed by atoms with Crippen LogP contribution in [0.15, 0.2) is 12.3 Å². The summed E-state index contributed by atoms with van der Waals surface area (Å²) in [4.78, 5) is 23.8. The molecule has 14 heavy (non-hydrogen) atoms. The molecule has 6 heteroatoms. The maximum Gasteiger partial charge on any atom is 0.352 e. The molecule has 0 spiro atoms. The van der Waals surface area contributed by atoms with E-state index in [2.05, 4.69) is 15.6 Å². The van der Waals surface area contributed by atoms with Crippen LogP contribution in [0.5, 0.6) is 0 Å². The van der Waals surface area contributed by atoms with E-state index in [9.17, 15) is 9.59 Å². The third kappa shape index (κ3) is 2.51. The van der Waals surface area contributed by atoms with Gasteiger partial charge < -0.3 is 20.7 Å². The normalized spacial score (nSPS) is 9.50. The zero-order valence-electron chi connectivity index (χ0n) is 7.63. The number of H-pyrrole nitrogens is 1. The average Bonchev–Trinajstić information content (AvgIpc) is 2.62. The molecule has 0 fully saturated rings. The van der Waals surface area contributed by atoms with E-state index in [1.54, 1.807) is 6.20 Å². The minimum Gasteiger partial charge on any atom is -0.477 e. The molecular formula is C8H11N3O3. The second kappa shape index (κ2) is 4.31. The van der Waals surface area contributed by atoms with E-state index in [0.717, 1.165) is 0 Å². The molecule has 0 saturated heterocycles. The number of nitrogens with one attached hydrogen (secondary N) is 3. The standard InChI is InChI=1S/C8H11N3O3/c1-9-8(14)11-4-5-2-6(7(12)13)10-3-5/h2-3,10H,4H2,1H3,(H,12,13)(H2,9,11,14). The van der Waals surface area contributed by atoms with Crippen molar-refractivity contribution < 1.29 is 14.7 Å². The number of rotatable bonds is 3. The Morgan fingerprint density at radius 1 is 1.57 bits per heavy atom. The highest BCUT2D eigenvalue weighted by molar-refractivity contribution is 5.85. The van der Waals surface area contributed by atoms with Crippen molar-refractivity contribution in [1.29, 1.82) is 0 Å². The molecule has 76 valence electrons. The summed E-state index contributed by atoms with van der Waals surface area (Å²) in [5, 5.41) is 13.5. The van der Waals surface area contributed by atoms with Gasteiger partial charge in [0, 0.05) is 19.8 Å². The highest BCUT2D eigenvalue weighted by Gasteiger charge is 2.06. The Labute approximate surface area is 80.3 Å². The second-order valence-electron chi connectivity index (χ2n) is 2.66. The van der Waals surface area contributed by atoms with Crippen LogP contribution in [0.1, 0.15) is 16.1 Å². The number of aromatic nitrogens is 1. The van der Waals surface area contributed by atoms with E-state index >= 15 is 0 Å². The number of aromatic carboxylic acids is 1. The fourth-order valence-corrected chi connectivity index (χ4v) is 0.935. The Morgan fingerprint density at radius 2 is 2.29 bits per heavy atom. The molecule has 0 aliphatic rings. The number of carboxylic acid groups (broad SMARTS) is 1. The Kier molecular flexibility index (Phi) is 3.11. The van der Waals surface area contributed by atoms with Crippen molar-refractivity contribution in [3.8, 4) is 0 Å². The quantitative estimate of drug-likeness (QED) is 0.555.